The molecule has 0 fully saturated rings. The number of methoxy groups -OCH3 is 1. The molecule has 0 saturated carbocycles. The Morgan fingerprint density at radius 3 is 2.31 bits per heavy atom. The van der Waals surface area contributed by atoms with Gasteiger partial charge in [0, 0.05) is 19.2 Å². The maximum atomic E-state index is 5.32. The maximum absolute atomic E-state index is 5.32. The molecule has 0 aliphatic carbocycles. The van der Waals surface area contributed by atoms with E-state index in [-0.39, 0.29) is 6.10 Å². The van der Waals surface area contributed by atoms with Gasteiger partial charge in [-0.3, -0.25) is 0 Å². The van der Waals surface area contributed by atoms with Crippen molar-refractivity contribution in [3.63, 3.8) is 0 Å². The van der Waals surface area contributed by atoms with Crippen LogP contribution in [-0.4, -0.2) is 19.3 Å². The highest BCUT2D eigenvalue weighted by Gasteiger charge is 2.15. The summed E-state index contributed by atoms with van der Waals surface area (Å²) in [6.45, 7) is 8.59. The first kappa shape index (κ1) is 13.2. The summed E-state index contributed by atoms with van der Waals surface area (Å²) < 4.78 is 5.32. The highest BCUT2D eigenvalue weighted by Crippen LogP contribution is 2.17. The van der Waals surface area contributed by atoms with Gasteiger partial charge in [0.2, 0.25) is 0 Å². The van der Waals surface area contributed by atoms with E-state index in [4.69, 9.17) is 4.74 Å². The molecule has 90 valence electrons. The Labute approximate surface area is 99.0 Å². The van der Waals surface area contributed by atoms with Gasteiger partial charge in [-0.2, -0.15) is 0 Å². The lowest BCUT2D eigenvalue weighted by molar-refractivity contribution is 0.0852. The minimum atomic E-state index is 0.228. The second-order valence-corrected chi connectivity index (χ2v) is 4.47. The predicted molar refractivity (Wildman–Crippen MR) is 68.7 cm³/mol. The van der Waals surface area contributed by atoms with E-state index in [1.54, 1.807) is 7.11 Å². The van der Waals surface area contributed by atoms with Crippen LogP contribution >= 0.6 is 0 Å². The quantitative estimate of drug-likeness (QED) is 0.825. The molecule has 2 unspecified atom stereocenters. The summed E-state index contributed by atoms with van der Waals surface area (Å²) in [5.41, 5.74) is 2.69. The minimum Gasteiger partial charge on any atom is -0.380 e. The molecule has 3 atom stereocenters. The third-order valence-electron chi connectivity index (χ3n) is 3.24. The zero-order valence-corrected chi connectivity index (χ0v) is 10.9. The monoisotopic (exact) mass is 221 g/mol. The van der Waals surface area contributed by atoms with E-state index in [2.05, 4.69) is 57.3 Å². The van der Waals surface area contributed by atoms with Gasteiger partial charge in [-0.25, -0.2) is 0 Å². The maximum Gasteiger partial charge on any atom is 0.0693 e. The Balaban J connectivity index is 2.65. The summed E-state index contributed by atoms with van der Waals surface area (Å²) >= 11 is 0. The minimum absolute atomic E-state index is 0.228. The normalized spacial score (nSPS) is 16.8. The van der Waals surface area contributed by atoms with Crippen molar-refractivity contribution in [2.75, 3.05) is 7.11 Å². The molecule has 0 saturated heterocycles. The van der Waals surface area contributed by atoms with Gasteiger partial charge in [0.25, 0.3) is 0 Å². The fourth-order valence-electron chi connectivity index (χ4n) is 1.90. The first-order valence-electron chi connectivity index (χ1n) is 5.90. The zero-order valence-electron chi connectivity index (χ0n) is 10.9. The average molecular weight is 221 g/mol. The first-order valence-corrected chi connectivity index (χ1v) is 5.90. The zero-order chi connectivity index (χ0) is 12.1. The Bertz CT molecular complexity index is 324. The number of rotatable bonds is 5. The molecule has 0 spiro atoms. The van der Waals surface area contributed by atoms with Crippen molar-refractivity contribution in [3.8, 4) is 0 Å². The lowest BCUT2D eigenvalue weighted by Gasteiger charge is -2.25. The van der Waals surface area contributed by atoms with Crippen molar-refractivity contribution in [2.24, 2.45) is 0 Å². The van der Waals surface area contributed by atoms with E-state index in [1.165, 1.54) is 11.1 Å². The van der Waals surface area contributed by atoms with E-state index < -0.39 is 0 Å². The SMILES string of the molecule is COC(C)C(C)N[C@H](C)c1ccccc1C. The third-order valence-corrected chi connectivity index (χ3v) is 3.24. The smallest absolute Gasteiger partial charge is 0.0693 e. The van der Waals surface area contributed by atoms with Crippen LogP contribution in [0, 0.1) is 6.92 Å². The molecule has 0 aromatic heterocycles. The van der Waals surface area contributed by atoms with Gasteiger partial charge in [0.15, 0.2) is 0 Å². The number of ether oxygens (including phenoxy) is 1. The number of aryl methyl sites for hydroxylation is 1. The van der Waals surface area contributed by atoms with Crippen molar-refractivity contribution < 1.29 is 4.74 Å². The average Bonchev–Trinajstić information content (AvgIpc) is 2.28. The molecule has 0 amide bonds. The van der Waals surface area contributed by atoms with Crippen LogP contribution in [0.3, 0.4) is 0 Å². The van der Waals surface area contributed by atoms with Gasteiger partial charge in [-0.1, -0.05) is 24.3 Å². The van der Waals surface area contributed by atoms with Crippen LogP contribution in [0.2, 0.25) is 0 Å². The molecule has 0 aliphatic rings. The Hall–Kier alpha value is -0.860. The topological polar surface area (TPSA) is 21.3 Å². The van der Waals surface area contributed by atoms with Crippen molar-refractivity contribution in [2.45, 2.75) is 45.9 Å². The van der Waals surface area contributed by atoms with E-state index in [0.29, 0.717) is 12.1 Å². The highest BCUT2D eigenvalue weighted by molar-refractivity contribution is 5.28. The second-order valence-electron chi connectivity index (χ2n) is 4.47. The van der Waals surface area contributed by atoms with Crippen LogP contribution in [0.25, 0.3) is 0 Å². The fourth-order valence-corrected chi connectivity index (χ4v) is 1.90. The van der Waals surface area contributed by atoms with Crippen molar-refractivity contribution in [3.05, 3.63) is 35.4 Å². The highest BCUT2D eigenvalue weighted by atomic mass is 16.5. The lowest BCUT2D eigenvalue weighted by Crippen LogP contribution is -2.38. The standard InChI is InChI=1S/C14H23NO/c1-10-8-6-7-9-14(10)12(3)15-11(2)13(4)16-5/h6-9,11-13,15H,1-5H3/t11?,12-,13?/m1/s1. The van der Waals surface area contributed by atoms with Crippen molar-refractivity contribution >= 4 is 0 Å². The summed E-state index contributed by atoms with van der Waals surface area (Å²) in [7, 11) is 1.75. The van der Waals surface area contributed by atoms with Gasteiger partial charge in [0.1, 0.15) is 0 Å². The molecule has 0 heterocycles. The predicted octanol–water partition coefficient (Wildman–Crippen LogP) is 3.07. The van der Waals surface area contributed by atoms with E-state index in [0.717, 1.165) is 0 Å². The Morgan fingerprint density at radius 2 is 1.75 bits per heavy atom. The molecule has 1 rings (SSSR count). The molecule has 1 N–H and O–H groups in total. The molecule has 2 heteroatoms. The third kappa shape index (κ3) is 3.32. The molecular weight excluding hydrogens is 198 g/mol. The molecule has 2 nitrogen and oxygen atoms in total. The number of benzene rings is 1. The molecule has 1 aromatic carbocycles. The van der Waals surface area contributed by atoms with E-state index >= 15 is 0 Å². The summed E-state index contributed by atoms with van der Waals surface area (Å²) in [5.74, 6) is 0. The van der Waals surface area contributed by atoms with Crippen LogP contribution in [-0.2, 0) is 4.74 Å². The summed E-state index contributed by atoms with van der Waals surface area (Å²) in [6.07, 6.45) is 0.228. The van der Waals surface area contributed by atoms with Crippen LogP contribution in [0.15, 0.2) is 24.3 Å². The van der Waals surface area contributed by atoms with E-state index in [1.807, 2.05) is 0 Å². The van der Waals surface area contributed by atoms with Gasteiger partial charge in [-0.05, 0) is 38.8 Å². The van der Waals surface area contributed by atoms with Crippen molar-refractivity contribution in [1.29, 1.82) is 0 Å². The molecule has 1 aromatic rings. The van der Waals surface area contributed by atoms with Crippen molar-refractivity contribution in [1.82, 2.24) is 5.32 Å². The summed E-state index contributed by atoms with van der Waals surface area (Å²) in [5, 5.41) is 3.56. The molecule has 0 radical (unpaired) electrons. The number of hydrogen-bond acceptors (Lipinski definition) is 2. The van der Waals surface area contributed by atoms with Gasteiger partial charge >= 0.3 is 0 Å². The van der Waals surface area contributed by atoms with Gasteiger partial charge < -0.3 is 10.1 Å². The summed E-state index contributed by atoms with van der Waals surface area (Å²) in [4.78, 5) is 0. The molecule has 0 bridgehead atoms. The summed E-state index contributed by atoms with van der Waals surface area (Å²) in [6, 6.07) is 9.20. The fraction of sp³-hybridized carbons (Fsp3) is 0.571. The molecule has 16 heavy (non-hydrogen) atoms. The lowest BCUT2D eigenvalue weighted by atomic mass is 10.0. The molecule has 0 aliphatic heterocycles. The molecular formula is C14H23NO. The van der Waals surface area contributed by atoms with Gasteiger partial charge in [0.05, 0.1) is 6.10 Å². The largest absolute Gasteiger partial charge is 0.380 e. The Kier molecular flexibility index (Phi) is 4.97. The number of nitrogens with one attached hydrogen (secondary N) is 1. The van der Waals surface area contributed by atoms with Gasteiger partial charge in [-0.15, -0.1) is 0 Å². The van der Waals surface area contributed by atoms with Crippen LogP contribution in [0.1, 0.15) is 37.9 Å². The number of hydrogen-bond donors (Lipinski definition) is 1. The van der Waals surface area contributed by atoms with Crippen LogP contribution < -0.4 is 5.32 Å². The van der Waals surface area contributed by atoms with E-state index in [9.17, 15) is 0 Å². The Morgan fingerprint density at radius 1 is 1.12 bits per heavy atom. The van der Waals surface area contributed by atoms with Crippen LogP contribution in [0.4, 0.5) is 0 Å². The first-order chi connectivity index (χ1) is 7.56. The van der Waals surface area contributed by atoms with Crippen LogP contribution in [0.5, 0.6) is 0 Å². The second kappa shape index (κ2) is 6.02.